The molecule has 2 aromatic carbocycles. The lowest BCUT2D eigenvalue weighted by atomic mass is 9.99. The van der Waals surface area contributed by atoms with Crippen LogP contribution in [0.3, 0.4) is 0 Å². The molecule has 2 N–H and O–H groups in total. The average Bonchev–Trinajstić information content (AvgIpc) is 3.20. The van der Waals surface area contributed by atoms with Crippen molar-refractivity contribution in [1.82, 2.24) is 14.5 Å². The highest BCUT2D eigenvalue weighted by molar-refractivity contribution is 5.96. The van der Waals surface area contributed by atoms with Gasteiger partial charge in [-0.25, -0.2) is 14.8 Å². The van der Waals surface area contributed by atoms with Crippen molar-refractivity contribution in [3.63, 3.8) is 0 Å². The third-order valence-electron chi connectivity index (χ3n) is 6.02. The molecular weight excluding hydrogens is 424 g/mol. The van der Waals surface area contributed by atoms with Crippen molar-refractivity contribution in [1.29, 1.82) is 0 Å². The molecule has 0 unspecified atom stereocenters. The average molecular weight is 457 g/mol. The van der Waals surface area contributed by atoms with Crippen molar-refractivity contribution < 1.29 is 9.90 Å². The second-order valence-electron chi connectivity index (χ2n) is 8.58. The first-order chi connectivity index (χ1) is 16.6. The van der Waals surface area contributed by atoms with E-state index in [1.54, 1.807) is 12.1 Å². The molecule has 2 heterocycles. The number of hydrogen-bond acceptors (Lipinski definition) is 4. The Kier molecular flexibility index (Phi) is 7.58. The van der Waals surface area contributed by atoms with E-state index in [1.165, 1.54) is 0 Å². The van der Waals surface area contributed by atoms with Crippen LogP contribution in [0.5, 0.6) is 0 Å². The van der Waals surface area contributed by atoms with Gasteiger partial charge in [-0.2, -0.15) is 0 Å². The Labute approximate surface area is 200 Å². The van der Waals surface area contributed by atoms with Gasteiger partial charge in [-0.15, -0.1) is 0 Å². The van der Waals surface area contributed by atoms with E-state index in [0.29, 0.717) is 12.1 Å². The van der Waals surface area contributed by atoms with Crippen LogP contribution in [0.25, 0.3) is 22.3 Å². The number of carboxylic acids is 1. The van der Waals surface area contributed by atoms with E-state index in [9.17, 15) is 9.90 Å². The number of benzene rings is 2. The highest BCUT2D eigenvalue weighted by atomic mass is 16.4. The Hall–Kier alpha value is -3.67. The van der Waals surface area contributed by atoms with Gasteiger partial charge in [0.05, 0.1) is 12.1 Å². The van der Waals surface area contributed by atoms with E-state index in [4.69, 9.17) is 9.97 Å². The molecule has 0 aliphatic rings. The van der Waals surface area contributed by atoms with Gasteiger partial charge < -0.3 is 15.0 Å². The van der Waals surface area contributed by atoms with Crippen molar-refractivity contribution in [2.24, 2.45) is 0 Å². The van der Waals surface area contributed by atoms with Gasteiger partial charge in [0.1, 0.15) is 17.2 Å². The van der Waals surface area contributed by atoms with Crippen LogP contribution in [0.2, 0.25) is 0 Å². The molecular formula is C28H32N4O2. The first kappa shape index (κ1) is 23.5. The second kappa shape index (κ2) is 11.0. The van der Waals surface area contributed by atoms with Crippen molar-refractivity contribution in [2.75, 3.05) is 11.9 Å². The third-order valence-corrected chi connectivity index (χ3v) is 6.02. The largest absolute Gasteiger partial charge is 0.478 e. The number of aromatic carboxylic acids is 1. The number of aryl methyl sites for hydroxylation is 1. The molecule has 176 valence electrons. The molecule has 4 aromatic rings. The zero-order valence-electron chi connectivity index (χ0n) is 19.9. The number of carboxylic acid groups (broad SMARTS) is 1. The molecule has 34 heavy (non-hydrogen) atoms. The molecule has 0 spiro atoms. The minimum Gasteiger partial charge on any atom is -0.478 e. The molecule has 0 saturated heterocycles. The summed E-state index contributed by atoms with van der Waals surface area (Å²) in [6.45, 7) is 5.94. The number of fused-ring (bicyclic) bond motifs is 1. The number of pyridine rings is 1. The summed E-state index contributed by atoms with van der Waals surface area (Å²) < 4.78 is 2.22. The van der Waals surface area contributed by atoms with Crippen LogP contribution < -0.4 is 5.32 Å². The summed E-state index contributed by atoms with van der Waals surface area (Å²) in [5.74, 6) is 1.01. The fourth-order valence-electron chi connectivity index (χ4n) is 4.13. The lowest BCUT2D eigenvalue weighted by molar-refractivity contribution is 0.0697. The lowest BCUT2D eigenvalue weighted by Gasteiger charge is -2.11. The van der Waals surface area contributed by atoms with Crippen LogP contribution in [-0.4, -0.2) is 32.2 Å². The Morgan fingerprint density at radius 3 is 2.44 bits per heavy atom. The minimum absolute atomic E-state index is 0.310. The number of anilines is 1. The molecule has 2 aromatic heterocycles. The first-order valence-electron chi connectivity index (χ1n) is 12.1. The summed E-state index contributed by atoms with van der Waals surface area (Å²) >= 11 is 0. The summed E-state index contributed by atoms with van der Waals surface area (Å²) in [7, 11) is 0. The molecule has 6 nitrogen and oxygen atoms in total. The summed E-state index contributed by atoms with van der Waals surface area (Å²) in [6, 6.07) is 19.3. The smallest absolute Gasteiger partial charge is 0.336 e. The van der Waals surface area contributed by atoms with Crippen molar-refractivity contribution in [3.05, 3.63) is 77.6 Å². The van der Waals surface area contributed by atoms with E-state index in [2.05, 4.69) is 41.9 Å². The van der Waals surface area contributed by atoms with Gasteiger partial charge in [0.2, 0.25) is 0 Å². The highest BCUT2D eigenvalue weighted by Gasteiger charge is 2.14. The number of aromatic nitrogens is 3. The zero-order valence-corrected chi connectivity index (χ0v) is 19.9. The molecule has 4 rings (SSSR count). The second-order valence-corrected chi connectivity index (χ2v) is 8.58. The van der Waals surface area contributed by atoms with Gasteiger partial charge in [-0.1, -0.05) is 69.2 Å². The SMILES string of the molecule is CCCCNc1ccc2nc(CCCC)n(Cc3ccc(-c4ccccc4C(=O)O)cc3)c2n1. The van der Waals surface area contributed by atoms with Crippen LogP contribution in [0.4, 0.5) is 5.82 Å². The number of nitrogens with zero attached hydrogens (tertiary/aromatic N) is 3. The number of rotatable bonds is 11. The predicted octanol–water partition coefficient (Wildman–Crippen LogP) is 6.40. The van der Waals surface area contributed by atoms with Crippen LogP contribution in [0.15, 0.2) is 60.7 Å². The van der Waals surface area contributed by atoms with E-state index in [1.807, 2.05) is 30.3 Å². The van der Waals surface area contributed by atoms with Crippen molar-refractivity contribution in [2.45, 2.75) is 52.5 Å². The van der Waals surface area contributed by atoms with E-state index >= 15 is 0 Å². The molecule has 0 bridgehead atoms. The molecule has 0 aliphatic heterocycles. The van der Waals surface area contributed by atoms with Gasteiger partial charge in [0, 0.05) is 13.0 Å². The Bertz CT molecular complexity index is 1260. The van der Waals surface area contributed by atoms with Crippen molar-refractivity contribution in [3.8, 4) is 11.1 Å². The molecule has 0 amide bonds. The summed E-state index contributed by atoms with van der Waals surface area (Å²) in [5, 5.41) is 12.9. The van der Waals surface area contributed by atoms with Gasteiger partial charge >= 0.3 is 5.97 Å². The van der Waals surface area contributed by atoms with E-state index in [-0.39, 0.29) is 0 Å². The maximum absolute atomic E-state index is 11.6. The fourth-order valence-corrected chi connectivity index (χ4v) is 4.13. The van der Waals surface area contributed by atoms with E-state index in [0.717, 1.165) is 78.1 Å². The van der Waals surface area contributed by atoms with Crippen LogP contribution >= 0.6 is 0 Å². The maximum atomic E-state index is 11.6. The molecule has 6 heteroatoms. The maximum Gasteiger partial charge on any atom is 0.336 e. The monoisotopic (exact) mass is 456 g/mol. The summed E-state index contributed by atoms with van der Waals surface area (Å²) in [6.07, 6.45) is 5.35. The topological polar surface area (TPSA) is 80.0 Å². The number of nitrogens with one attached hydrogen (secondary N) is 1. The van der Waals surface area contributed by atoms with Crippen molar-refractivity contribution >= 4 is 23.0 Å². The number of unbranched alkanes of at least 4 members (excludes halogenated alkanes) is 2. The van der Waals surface area contributed by atoms with Crippen LogP contribution in [-0.2, 0) is 13.0 Å². The van der Waals surface area contributed by atoms with Gasteiger partial charge in [-0.3, -0.25) is 0 Å². The Morgan fingerprint density at radius 1 is 0.941 bits per heavy atom. The normalized spacial score (nSPS) is 11.1. The zero-order chi connectivity index (χ0) is 23.9. The molecule has 0 atom stereocenters. The van der Waals surface area contributed by atoms with Crippen LogP contribution in [0, 0.1) is 0 Å². The summed E-state index contributed by atoms with van der Waals surface area (Å²) in [4.78, 5) is 21.4. The number of imidazole rings is 1. The minimum atomic E-state index is -0.917. The number of hydrogen-bond donors (Lipinski definition) is 2. The van der Waals surface area contributed by atoms with Gasteiger partial charge in [0.15, 0.2) is 5.65 Å². The molecule has 0 radical (unpaired) electrons. The Morgan fingerprint density at radius 2 is 1.71 bits per heavy atom. The summed E-state index contributed by atoms with van der Waals surface area (Å²) in [5.41, 5.74) is 4.86. The first-order valence-corrected chi connectivity index (χ1v) is 12.1. The quantitative estimate of drug-likeness (QED) is 0.255. The Balaban J connectivity index is 1.64. The highest BCUT2D eigenvalue weighted by Crippen LogP contribution is 2.25. The fraction of sp³-hybridized carbons (Fsp3) is 0.321. The third kappa shape index (κ3) is 5.28. The van der Waals surface area contributed by atoms with E-state index < -0.39 is 5.97 Å². The molecule has 0 aliphatic carbocycles. The number of carbonyl (C=O) groups is 1. The van der Waals surface area contributed by atoms with Crippen LogP contribution in [0.1, 0.15) is 61.3 Å². The lowest BCUT2D eigenvalue weighted by Crippen LogP contribution is -2.08. The van der Waals surface area contributed by atoms with Gasteiger partial charge in [0.25, 0.3) is 0 Å². The predicted molar refractivity (Wildman–Crippen MR) is 137 cm³/mol. The standard InChI is InChI=1S/C28H32N4O2/c1-3-5-11-26-30-24-16-17-25(29-18-6-4-2)31-27(24)32(26)19-20-12-14-21(15-13-20)22-9-7-8-10-23(22)28(33)34/h7-10,12-17H,3-6,11,18-19H2,1-2H3,(H,29,31)(H,33,34). The molecule has 0 saturated carbocycles. The molecule has 0 fully saturated rings. The van der Waals surface area contributed by atoms with Gasteiger partial charge in [-0.05, 0) is 47.7 Å².